The Morgan fingerprint density at radius 2 is 1.73 bits per heavy atom. The van der Waals surface area contributed by atoms with E-state index in [2.05, 4.69) is 5.32 Å². The van der Waals surface area contributed by atoms with Crippen LogP contribution in [0.2, 0.25) is 0 Å². The number of methoxy groups -OCH3 is 2. The van der Waals surface area contributed by atoms with Crippen molar-refractivity contribution in [3.8, 4) is 28.4 Å². The molecule has 1 aliphatic rings. The normalized spacial score (nSPS) is 14.7. The molecule has 1 amide bonds. The molecule has 4 aromatic rings. The Bertz CT molecular complexity index is 1580. The van der Waals surface area contributed by atoms with Gasteiger partial charge in [0.2, 0.25) is 0 Å². The second kappa shape index (κ2) is 10.7. The van der Waals surface area contributed by atoms with E-state index in [4.69, 9.17) is 19.9 Å². The lowest BCUT2D eigenvalue weighted by atomic mass is 9.86. The molecule has 3 aromatic carbocycles. The van der Waals surface area contributed by atoms with Crippen LogP contribution in [0.25, 0.3) is 11.1 Å². The van der Waals surface area contributed by atoms with Gasteiger partial charge in [0.1, 0.15) is 22.8 Å². The fourth-order valence-electron chi connectivity index (χ4n) is 5.11. The van der Waals surface area contributed by atoms with Crippen molar-refractivity contribution in [3.63, 3.8) is 0 Å². The second-order valence-corrected chi connectivity index (χ2v) is 10.8. The average Bonchev–Trinajstić information content (AvgIpc) is 3.50. The second-order valence-electron chi connectivity index (χ2n) is 10.0. The number of nitrogens with two attached hydrogens (primary N) is 1. The van der Waals surface area contributed by atoms with Crippen LogP contribution in [-0.4, -0.2) is 38.7 Å². The smallest absolute Gasteiger partial charge is 0.344 e. The Hall–Kier alpha value is -4.34. The van der Waals surface area contributed by atoms with E-state index in [1.54, 1.807) is 49.7 Å². The Labute approximate surface area is 237 Å². The van der Waals surface area contributed by atoms with Crippen molar-refractivity contribution in [3.05, 3.63) is 88.1 Å². The van der Waals surface area contributed by atoms with Crippen molar-refractivity contribution in [1.29, 1.82) is 0 Å². The van der Waals surface area contributed by atoms with E-state index >= 15 is 0 Å². The fraction of sp³-hybridized carbons (Fsp3) is 0.226. The molecule has 0 saturated heterocycles. The fourth-order valence-corrected chi connectivity index (χ4v) is 5.74. The van der Waals surface area contributed by atoms with Crippen molar-refractivity contribution >= 4 is 34.6 Å². The van der Waals surface area contributed by atoms with Gasteiger partial charge in [-0.15, -0.1) is 0 Å². The monoisotopic (exact) mass is 557 g/mol. The first-order valence-electron chi connectivity index (χ1n) is 12.7. The number of carbonyl (C=O) groups is 2. The van der Waals surface area contributed by atoms with Crippen molar-refractivity contribution in [2.75, 3.05) is 31.5 Å². The van der Waals surface area contributed by atoms with E-state index in [0.717, 1.165) is 27.9 Å². The summed E-state index contributed by atoms with van der Waals surface area (Å²) < 4.78 is 17.0. The van der Waals surface area contributed by atoms with Crippen molar-refractivity contribution in [1.82, 2.24) is 0 Å². The van der Waals surface area contributed by atoms with Gasteiger partial charge in [-0.1, -0.05) is 24.3 Å². The lowest BCUT2D eigenvalue weighted by molar-refractivity contribution is -0.121. The molecule has 1 aliphatic heterocycles. The maximum Gasteiger partial charge on any atom is 0.344 e. The van der Waals surface area contributed by atoms with Gasteiger partial charge in [-0.3, -0.25) is 4.79 Å². The van der Waals surface area contributed by atoms with Crippen molar-refractivity contribution < 1.29 is 23.8 Å². The summed E-state index contributed by atoms with van der Waals surface area (Å²) >= 11 is 1.42. The molecule has 0 bridgehead atoms. The zero-order valence-electron chi connectivity index (χ0n) is 23.0. The van der Waals surface area contributed by atoms with Gasteiger partial charge in [-0.25, -0.2) is 4.79 Å². The Balaban J connectivity index is 1.68. The molecule has 3 N–H and O–H groups in total. The summed E-state index contributed by atoms with van der Waals surface area (Å²) in [6.07, 6.45) is 0. The van der Waals surface area contributed by atoms with Crippen LogP contribution < -0.4 is 30.2 Å². The number of hydrogen-bond acceptors (Lipinski definition) is 8. The number of nitrogens with zero attached hydrogens (tertiary/aromatic N) is 1. The van der Waals surface area contributed by atoms with Gasteiger partial charge >= 0.3 is 5.97 Å². The number of ether oxygens (including phenoxy) is 3. The van der Waals surface area contributed by atoms with E-state index in [-0.39, 0.29) is 5.91 Å². The summed E-state index contributed by atoms with van der Waals surface area (Å²) in [7, 11) is 4.92. The van der Waals surface area contributed by atoms with E-state index in [1.807, 2.05) is 61.7 Å². The number of amides is 1. The Morgan fingerprint density at radius 3 is 2.42 bits per heavy atom. The first-order chi connectivity index (χ1) is 19.2. The minimum atomic E-state index is -0.791. The molecule has 40 heavy (non-hydrogen) atoms. The zero-order chi connectivity index (χ0) is 28.6. The maximum absolute atomic E-state index is 13.4. The van der Waals surface area contributed by atoms with Crippen LogP contribution in [0.4, 0.5) is 11.4 Å². The number of carbonyl (C=O) groups excluding carboxylic acids is 2. The molecule has 8 nitrogen and oxygen atoms in total. The highest BCUT2D eigenvalue weighted by Gasteiger charge is 2.40. The van der Waals surface area contributed by atoms with Gasteiger partial charge in [-0.2, -0.15) is 11.3 Å². The molecular formula is C31H31N3O5S. The van der Waals surface area contributed by atoms with Crippen LogP contribution in [0, 0.1) is 0 Å². The summed E-state index contributed by atoms with van der Waals surface area (Å²) in [6.45, 7) is 3.70. The maximum atomic E-state index is 13.4. The quantitative estimate of drug-likeness (QED) is 0.217. The van der Waals surface area contributed by atoms with Crippen LogP contribution in [0.5, 0.6) is 17.2 Å². The Kier molecular flexibility index (Phi) is 7.27. The summed E-state index contributed by atoms with van der Waals surface area (Å²) in [5.74, 6) is 0.938. The molecule has 0 fully saturated rings. The lowest BCUT2D eigenvalue weighted by Crippen LogP contribution is -2.52. The minimum absolute atomic E-state index is 0.0896. The summed E-state index contributed by atoms with van der Waals surface area (Å²) in [5, 5.41) is 6.93. The standard InChI is InChI=1S/C31H31N3O5S/c1-31(2)30(36)34(3)28-23(33-31)13-12-21(26(28)27(32)22-8-6-7-9-24(22)37-4)20-11-10-19(16-25(20)38-5)39-29(35)18-14-15-40-17-18/h6-17,27,33H,32H2,1-5H3. The van der Waals surface area contributed by atoms with Gasteiger partial charge in [0.15, 0.2) is 0 Å². The molecule has 5 rings (SSSR count). The van der Waals surface area contributed by atoms with Crippen LogP contribution in [0.15, 0.2) is 71.4 Å². The zero-order valence-corrected chi connectivity index (χ0v) is 23.8. The van der Waals surface area contributed by atoms with E-state index < -0.39 is 17.6 Å². The third-order valence-electron chi connectivity index (χ3n) is 7.05. The first kappa shape index (κ1) is 27.2. The number of fused-ring (bicyclic) bond motifs is 1. The number of rotatable bonds is 7. The number of thiophene rings is 1. The Morgan fingerprint density at radius 1 is 1.00 bits per heavy atom. The van der Waals surface area contributed by atoms with Gasteiger partial charge < -0.3 is 30.2 Å². The molecule has 0 saturated carbocycles. The molecule has 206 valence electrons. The molecule has 0 aliphatic carbocycles. The number of hydrogen-bond donors (Lipinski definition) is 2. The number of nitrogens with one attached hydrogen (secondary N) is 1. The lowest BCUT2D eigenvalue weighted by Gasteiger charge is -2.40. The van der Waals surface area contributed by atoms with Crippen LogP contribution in [-0.2, 0) is 4.79 Å². The molecule has 2 heterocycles. The first-order valence-corrected chi connectivity index (χ1v) is 13.6. The van der Waals surface area contributed by atoms with Crippen molar-refractivity contribution in [2.45, 2.75) is 25.4 Å². The van der Waals surface area contributed by atoms with Crippen LogP contribution in [0.1, 0.15) is 41.4 Å². The largest absolute Gasteiger partial charge is 0.496 e. The SMILES string of the molecule is COc1cc(OC(=O)c2ccsc2)ccc1-c1ccc2c(c1C(N)c1ccccc1OC)N(C)C(=O)C(C)(C)N2. The summed E-state index contributed by atoms with van der Waals surface area (Å²) in [4.78, 5) is 27.6. The number of benzene rings is 3. The van der Waals surface area contributed by atoms with Crippen LogP contribution >= 0.6 is 11.3 Å². The topological polar surface area (TPSA) is 103 Å². The molecule has 1 atom stereocenters. The number of anilines is 2. The van der Waals surface area contributed by atoms with E-state index in [9.17, 15) is 9.59 Å². The third-order valence-corrected chi connectivity index (χ3v) is 7.74. The van der Waals surface area contributed by atoms with Gasteiger partial charge in [-0.05, 0) is 55.1 Å². The predicted molar refractivity (Wildman–Crippen MR) is 158 cm³/mol. The molecule has 1 aromatic heterocycles. The number of likely N-dealkylation sites (N-methyl/N-ethyl adjacent to an activating group) is 1. The molecule has 0 spiro atoms. The molecule has 1 unspecified atom stereocenters. The number of para-hydroxylation sites is 1. The highest BCUT2D eigenvalue weighted by Crippen LogP contribution is 2.48. The highest BCUT2D eigenvalue weighted by atomic mass is 32.1. The van der Waals surface area contributed by atoms with Gasteiger partial charge in [0, 0.05) is 35.2 Å². The van der Waals surface area contributed by atoms with Crippen molar-refractivity contribution in [2.24, 2.45) is 5.73 Å². The van der Waals surface area contributed by atoms with Crippen LogP contribution in [0.3, 0.4) is 0 Å². The summed E-state index contributed by atoms with van der Waals surface area (Å²) in [5.41, 5.74) is 11.2. The summed E-state index contributed by atoms with van der Waals surface area (Å²) in [6, 6.07) is 17.8. The van der Waals surface area contributed by atoms with Gasteiger partial charge in [0.05, 0.1) is 37.2 Å². The highest BCUT2D eigenvalue weighted by molar-refractivity contribution is 7.08. The predicted octanol–water partition coefficient (Wildman–Crippen LogP) is 5.87. The minimum Gasteiger partial charge on any atom is -0.496 e. The average molecular weight is 558 g/mol. The molecule has 9 heteroatoms. The molecular weight excluding hydrogens is 526 g/mol. The van der Waals surface area contributed by atoms with Gasteiger partial charge in [0.25, 0.3) is 5.91 Å². The molecule has 0 radical (unpaired) electrons. The van der Waals surface area contributed by atoms with E-state index in [1.165, 1.54) is 11.3 Å². The van der Waals surface area contributed by atoms with E-state index in [0.29, 0.717) is 28.5 Å². The third kappa shape index (κ3) is 4.78. The number of esters is 1.